The van der Waals surface area contributed by atoms with Crippen LogP contribution in [-0.2, 0) is 19.7 Å². The molecule has 142 valence electrons. The first-order valence-corrected chi connectivity index (χ1v) is 10.6. The van der Waals surface area contributed by atoms with Gasteiger partial charge in [0.15, 0.2) is 0 Å². The zero-order valence-corrected chi connectivity index (χ0v) is 17.5. The summed E-state index contributed by atoms with van der Waals surface area (Å²) in [7, 11) is 8.35. The van der Waals surface area contributed by atoms with Crippen molar-refractivity contribution in [1.82, 2.24) is 14.5 Å². The summed E-state index contributed by atoms with van der Waals surface area (Å²) in [6.07, 6.45) is 0. The van der Waals surface area contributed by atoms with Crippen LogP contribution in [0.15, 0.2) is 48.5 Å². The molecule has 0 bridgehead atoms. The molecule has 8 heteroatoms. The first-order valence-electron chi connectivity index (χ1n) is 8.34. The van der Waals surface area contributed by atoms with Crippen LogP contribution in [0, 0.1) is 12.7 Å². The van der Waals surface area contributed by atoms with E-state index in [1.165, 1.54) is 17.7 Å². The molecule has 2 aromatic carbocycles. The number of nitrogens with zero attached hydrogens (tertiary/aromatic N) is 2. The van der Waals surface area contributed by atoms with Crippen LogP contribution in [0.1, 0.15) is 22.4 Å². The number of rotatable bonds is 8. The third kappa shape index (κ3) is 5.69. The molecule has 3 aromatic rings. The highest BCUT2D eigenvalue weighted by atomic mass is 35.7. The van der Waals surface area contributed by atoms with E-state index in [1.54, 1.807) is 16.8 Å². The molecule has 0 saturated carbocycles. The largest absolute Gasteiger partial charge is 0.473 e. The molecule has 0 radical (unpaired) electrons. The fraction of sp³-hybridized carbons (Fsp3) is 0.211. The Balaban J connectivity index is 1.79. The summed E-state index contributed by atoms with van der Waals surface area (Å²) in [5.74, 6) is 0.397. The molecule has 3 rings (SSSR count). The van der Waals surface area contributed by atoms with Gasteiger partial charge < -0.3 is 4.74 Å². The van der Waals surface area contributed by atoms with Crippen molar-refractivity contribution < 1.29 is 9.13 Å². The first kappa shape index (κ1) is 20.2. The van der Waals surface area contributed by atoms with Gasteiger partial charge in [0.05, 0.1) is 18.8 Å². The average Bonchev–Trinajstić information content (AvgIpc) is 3.04. The Hall–Kier alpha value is -1.59. The van der Waals surface area contributed by atoms with Crippen molar-refractivity contribution in [1.29, 1.82) is 0 Å². The lowest BCUT2D eigenvalue weighted by molar-refractivity contribution is 0.276. The third-order valence-electron chi connectivity index (χ3n) is 4.02. The Labute approximate surface area is 169 Å². The van der Waals surface area contributed by atoms with Gasteiger partial charge in [-0.25, -0.2) is 13.8 Å². The number of hydrogen-bond acceptors (Lipinski definition) is 4. The van der Waals surface area contributed by atoms with Crippen LogP contribution in [0.3, 0.4) is 0 Å². The Kier molecular flexibility index (Phi) is 7.13. The van der Waals surface area contributed by atoms with E-state index in [9.17, 15) is 4.39 Å². The van der Waals surface area contributed by atoms with Gasteiger partial charge in [0.1, 0.15) is 12.4 Å². The Morgan fingerprint density at radius 3 is 2.74 bits per heavy atom. The molecule has 0 aliphatic carbocycles. The molecule has 0 saturated heterocycles. The van der Waals surface area contributed by atoms with Gasteiger partial charge in [-0.3, -0.25) is 0 Å². The fourth-order valence-electron chi connectivity index (χ4n) is 2.64. The van der Waals surface area contributed by atoms with E-state index in [1.807, 2.05) is 6.07 Å². The van der Waals surface area contributed by atoms with Gasteiger partial charge in [-0.2, -0.15) is 5.10 Å². The van der Waals surface area contributed by atoms with Crippen molar-refractivity contribution in [3.8, 4) is 5.88 Å². The highest BCUT2D eigenvalue weighted by Gasteiger charge is 2.11. The number of hydrogen-bond donors (Lipinski definition) is 1. The summed E-state index contributed by atoms with van der Waals surface area (Å²) in [6, 6.07) is 14.5. The molecule has 0 aliphatic heterocycles. The summed E-state index contributed by atoms with van der Waals surface area (Å²) in [6.45, 7) is 3.50. The van der Waals surface area contributed by atoms with E-state index in [4.69, 9.17) is 15.4 Å². The zero-order chi connectivity index (χ0) is 19.2. The normalized spacial score (nSPS) is 11.0. The average molecular weight is 424 g/mol. The molecule has 0 aliphatic rings. The van der Waals surface area contributed by atoms with Gasteiger partial charge in [-0.1, -0.05) is 35.9 Å². The molecule has 4 nitrogen and oxygen atoms in total. The van der Waals surface area contributed by atoms with Gasteiger partial charge in [-0.15, -0.1) is 9.24 Å². The van der Waals surface area contributed by atoms with Crippen LogP contribution < -0.4 is 14.8 Å². The second-order valence-electron chi connectivity index (χ2n) is 6.15. The Morgan fingerprint density at radius 2 is 2.00 bits per heavy atom. The highest BCUT2D eigenvalue weighted by Crippen LogP contribution is 2.19. The second-order valence-corrected chi connectivity index (χ2v) is 7.68. The maximum Gasteiger partial charge on any atom is 0.212 e. The van der Waals surface area contributed by atoms with Gasteiger partial charge in [-0.05, 0) is 46.2 Å². The van der Waals surface area contributed by atoms with Crippen molar-refractivity contribution in [2.24, 2.45) is 0 Å². The van der Waals surface area contributed by atoms with Crippen LogP contribution in [-0.4, -0.2) is 9.78 Å². The summed E-state index contributed by atoms with van der Waals surface area (Å²) < 4.78 is 24.0. The topological polar surface area (TPSA) is 39.1 Å². The molecule has 1 heterocycles. The lowest BCUT2D eigenvalue weighted by Crippen LogP contribution is -2.10. The number of aryl methyl sites for hydroxylation is 1. The van der Waals surface area contributed by atoms with E-state index in [-0.39, 0.29) is 5.82 Å². The minimum Gasteiger partial charge on any atom is -0.473 e. The summed E-state index contributed by atoms with van der Waals surface area (Å²) in [5.41, 5.74) is 4.04. The van der Waals surface area contributed by atoms with Gasteiger partial charge in [0.25, 0.3) is 0 Å². The lowest BCUT2D eigenvalue weighted by Gasteiger charge is -2.11. The van der Waals surface area contributed by atoms with Crippen molar-refractivity contribution in [2.75, 3.05) is 0 Å². The van der Waals surface area contributed by atoms with Crippen LogP contribution in [0.25, 0.3) is 0 Å². The van der Waals surface area contributed by atoms with E-state index >= 15 is 0 Å². The Bertz CT molecular complexity index is 904. The Morgan fingerprint density at radius 1 is 1.22 bits per heavy atom. The summed E-state index contributed by atoms with van der Waals surface area (Å²) in [4.78, 5) is 0. The van der Waals surface area contributed by atoms with Crippen molar-refractivity contribution in [3.05, 3.63) is 76.7 Å². The maximum absolute atomic E-state index is 13.2. The molecule has 27 heavy (non-hydrogen) atoms. The lowest BCUT2D eigenvalue weighted by atomic mass is 10.1. The van der Waals surface area contributed by atoms with Crippen molar-refractivity contribution in [3.63, 3.8) is 0 Å². The predicted molar refractivity (Wildman–Crippen MR) is 113 cm³/mol. The molecule has 1 atom stereocenters. The molecule has 0 spiro atoms. The SMILES string of the molecule is Cc1ccc(P)c(COc2cc(CNSCl)nn2Cc2ccc(F)cc2)c1. The maximum atomic E-state index is 13.2. The summed E-state index contributed by atoms with van der Waals surface area (Å²) in [5, 5.41) is 5.68. The van der Waals surface area contributed by atoms with Gasteiger partial charge in [0.2, 0.25) is 5.88 Å². The monoisotopic (exact) mass is 423 g/mol. The molecule has 0 amide bonds. The second kappa shape index (κ2) is 9.56. The molecular formula is C19H20ClFN3OPS. The minimum absolute atomic E-state index is 0.257. The zero-order valence-electron chi connectivity index (χ0n) is 14.8. The molecule has 1 aromatic heterocycles. The highest BCUT2D eigenvalue weighted by molar-refractivity contribution is 8.19. The number of halogens is 2. The van der Waals surface area contributed by atoms with E-state index in [0.29, 0.717) is 25.6 Å². The molecule has 1 unspecified atom stereocenters. The van der Waals surface area contributed by atoms with Gasteiger partial charge in [0, 0.05) is 17.2 Å². The van der Waals surface area contributed by atoms with E-state index in [0.717, 1.165) is 33.3 Å². The fourth-order valence-corrected chi connectivity index (χ4v) is 3.27. The van der Waals surface area contributed by atoms with Crippen molar-refractivity contribution in [2.45, 2.75) is 26.6 Å². The van der Waals surface area contributed by atoms with Crippen LogP contribution in [0.4, 0.5) is 4.39 Å². The number of nitrogens with one attached hydrogen (secondary N) is 1. The summed E-state index contributed by atoms with van der Waals surface area (Å²) >= 11 is 1.02. The standard InChI is InChI=1S/C19H20ClFN3OPS/c1-13-2-7-18(26)15(8-13)12-25-19-9-17(10-22-27-20)23-24(19)11-14-3-5-16(21)6-4-14/h2-9,22H,10-12,26H2,1H3. The quantitative estimate of drug-likeness (QED) is 0.432. The van der Waals surface area contributed by atoms with Crippen LogP contribution in [0.5, 0.6) is 5.88 Å². The van der Waals surface area contributed by atoms with Crippen LogP contribution in [0.2, 0.25) is 0 Å². The number of aromatic nitrogens is 2. The van der Waals surface area contributed by atoms with E-state index in [2.05, 4.69) is 44.2 Å². The van der Waals surface area contributed by atoms with Crippen molar-refractivity contribution >= 4 is 36.4 Å². The first-order chi connectivity index (χ1) is 13.0. The van der Waals surface area contributed by atoms with E-state index < -0.39 is 0 Å². The smallest absolute Gasteiger partial charge is 0.212 e. The third-order valence-corrected chi connectivity index (χ3v) is 5.17. The molecule has 1 N–H and O–H groups in total. The minimum atomic E-state index is -0.257. The number of benzene rings is 2. The molecular weight excluding hydrogens is 404 g/mol. The number of ether oxygens (including phenoxy) is 1. The molecule has 0 fully saturated rings. The van der Waals surface area contributed by atoms with Crippen LogP contribution >= 0.6 is 31.1 Å². The predicted octanol–water partition coefficient (Wildman–Crippen LogP) is 4.35. The van der Waals surface area contributed by atoms with Gasteiger partial charge >= 0.3 is 0 Å².